The highest BCUT2D eigenvalue weighted by Gasteiger charge is 2.39. The third-order valence-electron chi connectivity index (χ3n) is 7.41. The Morgan fingerprint density at radius 1 is 0.977 bits per heavy atom. The zero-order valence-corrected chi connectivity index (χ0v) is 24.6. The number of amides is 3. The van der Waals surface area contributed by atoms with Crippen molar-refractivity contribution in [2.75, 3.05) is 19.6 Å². The number of carbonyl (C=O) groups excluding carboxylic acids is 3. The van der Waals surface area contributed by atoms with Gasteiger partial charge in [0.05, 0.1) is 6.04 Å². The third kappa shape index (κ3) is 9.58. The smallest absolute Gasteiger partial charge is 0.326 e. The Labute approximate surface area is 254 Å². The van der Waals surface area contributed by atoms with Crippen LogP contribution >= 0.6 is 0 Å². The topological polar surface area (TPSA) is 286 Å². The van der Waals surface area contributed by atoms with E-state index in [9.17, 15) is 24.3 Å². The Balaban J connectivity index is 1.69. The summed E-state index contributed by atoms with van der Waals surface area (Å²) in [7, 11) is 0. The Bertz CT molecular complexity index is 1370. The highest BCUT2D eigenvalue weighted by Crippen LogP contribution is 2.21. The second kappa shape index (κ2) is 16.1. The van der Waals surface area contributed by atoms with Crippen LogP contribution in [0.1, 0.15) is 44.1 Å². The Morgan fingerprint density at radius 3 is 2.25 bits per heavy atom. The third-order valence-corrected chi connectivity index (χ3v) is 7.41. The summed E-state index contributed by atoms with van der Waals surface area (Å²) in [5.41, 5.74) is 29.5. The van der Waals surface area contributed by atoms with Crippen LogP contribution in [0.3, 0.4) is 0 Å². The molecule has 0 saturated carbocycles. The summed E-state index contributed by atoms with van der Waals surface area (Å²) in [6, 6.07) is 3.60. The van der Waals surface area contributed by atoms with Gasteiger partial charge in [-0.05, 0) is 56.6 Å². The van der Waals surface area contributed by atoms with E-state index in [0.29, 0.717) is 25.7 Å². The van der Waals surface area contributed by atoms with Crippen molar-refractivity contribution in [3.05, 3.63) is 36.0 Å². The first-order valence-electron chi connectivity index (χ1n) is 14.5. The van der Waals surface area contributed by atoms with E-state index < -0.39 is 47.9 Å². The Kier molecular flexibility index (Phi) is 12.3. The molecule has 2 heterocycles. The lowest BCUT2D eigenvalue weighted by Crippen LogP contribution is -2.57. The minimum absolute atomic E-state index is 0.0936. The number of H-pyrrole nitrogens is 1. The van der Waals surface area contributed by atoms with E-state index in [2.05, 4.69) is 25.6 Å². The van der Waals surface area contributed by atoms with Crippen LogP contribution in [0.25, 0.3) is 10.9 Å². The first kappa shape index (κ1) is 33.6. The standard InChI is InChI=1S/C28H43N11O5/c29-18(14-16-15-36-19-7-2-1-6-17(16)19)23(40)37-20(8-3-11-34-27(30)31)25(42)39-13-5-10-22(39)24(41)38-21(26(43)44)9-4-12-35-28(32)33/h1-2,6-7,15,18,20-22,36H,3-5,8-14,29H2,(H,37,40)(H,38,41)(H,43,44)(H4,30,31,34)(H4,32,33,35). The van der Waals surface area contributed by atoms with Gasteiger partial charge in [0.15, 0.2) is 11.9 Å². The van der Waals surface area contributed by atoms with Crippen molar-refractivity contribution in [3.8, 4) is 0 Å². The fourth-order valence-corrected chi connectivity index (χ4v) is 5.20. The second-order valence-corrected chi connectivity index (χ2v) is 10.7. The predicted octanol–water partition coefficient (Wildman–Crippen LogP) is -1.81. The number of para-hydroxylation sites is 1. The molecule has 1 saturated heterocycles. The molecule has 0 radical (unpaired) electrons. The number of carboxylic acid groups (broad SMARTS) is 1. The molecule has 1 aromatic carbocycles. The fourth-order valence-electron chi connectivity index (χ4n) is 5.20. The lowest BCUT2D eigenvalue weighted by Gasteiger charge is -2.30. The van der Waals surface area contributed by atoms with Crippen molar-refractivity contribution in [2.45, 2.75) is 69.1 Å². The highest BCUT2D eigenvalue weighted by molar-refractivity contribution is 5.95. The predicted molar refractivity (Wildman–Crippen MR) is 166 cm³/mol. The molecule has 14 N–H and O–H groups in total. The van der Waals surface area contributed by atoms with Gasteiger partial charge in [0.25, 0.3) is 0 Å². The van der Waals surface area contributed by atoms with E-state index in [0.717, 1.165) is 16.5 Å². The van der Waals surface area contributed by atoms with Crippen LogP contribution in [0.5, 0.6) is 0 Å². The number of guanidine groups is 2. The number of hydrogen-bond acceptors (Lipinski definition) is 7. The van der Waals surface area contributed by atoms with Crippen molar-refractivity contribution >= 4 is 46.5 Å². The van der Waals surface area contributed by atoms with Gasteiger partial charge >= 0.3 is 5.97 Å². The van der Waals surface area contributed by atoms with Crippen molar-refractivity contribution < 1.29 is 24.3 Å². The van der Waals surface area contributed by atoms with E-state index in [4.69, 9.17) is 28.7 Å². The average Bonchev–Trinajstić information content (AvgIpc) is 3.63. The number of fused-ring (bicyclic) bond motifs is 1. The summed E-state index contributed by atoms with van der Waals surface area (Å²) >= 11 is 0. The number of aromatic amines is 1. The molecule has 0 aliphatic carbocycles. The summed E-state index contributed by atoms with van der Waals surface area (Å²) < 4.78 is 0. The van der Waals surface area contributed by atoms with E-state index in [1.807, 2.05) is 24.3 Å². The Morgan fingerprint density at radius 2 is 1.61 bits per heavy atom. The molecule has 1 aromatic heterocycles. The van der Waals surface area contributed by atoms with Crippen LogP contribution in [0.4, 0.5) is 0 Å². The molecular weight excluding hydrogens is 570 g/mol. The number of benzene rings is 1. The van der Waals surface area contributed by atoms with E-state index in [-0.39, 0.29) is 50.8 Å². The monoisotopic (exact) mass is 613 g/mol. The quantitative estimate of drug-likeness (QED) is 0.0581. The van der Waals surface area contributed by atoms with Crippen LogP contribution in [0, 0.1) is 0 Å². The van der Waals surface area contributed by atoms with Gasteiger partial charge in [-0.3, -0.25) is 24.4 Å². The van der Waals surface area contributed by atoms with Crippen LogP contribution in [-0.2, 0) is 25.6 Å². The first-order chi connectivity index (χ1) is 21.0. The normalized spacial score (nSPS) is 16.5. The summed E-state index contributed by atoms with van der Waals surface area (Å²) in [4.78, 5) is 64.3. The summed E-state index contributed by atoms with van der Waals surface area (Å²) in [5, 5.41) is 15.9. The molecule has 4 unspecified atom stereocenters. The van der Waals surface area contributed by atoms with E-state index in [1.165, 1.54) is 4.90 Å². The zero-order chi connectivity index (χ0) is 32.2. The number of nitrogens with one attached hydrogen (secondary N) is 3. The molecule has 16 nitrogen and oxygen atoms in total. The summed E-state index contributed by atoms with van der Waals surface area (Å²) in [6.45, 7) is 0.702. The Hall–Kier alpha value is -4.86. The number of aliphatic carboxylic acids is 1. The van der Waals surface area contributed by atoms with Gasteiger partial charge in [-0.1, -0.05) is 18.2 Å². The van der Waals surface area contributed by atoms with Crippen LogP contribution in [0.15, 0.2) is 40.4 Å². The molecule has 4 atom stereocenters. The number of aliphatic imine (C=N–C) groups is 2. The second-order valence-electron chi connectivity index (χ2n) is 10.7. The van der Waals surface area contributed by atoms with Crippen molar-refractivity contribution in [3.63, 3.8) is 0 Å². The van der Waals surface area contributed by atoms with Crippen molar-refractivity contribution in [1.82, 2.24) is 20.5 Å². The number of carboxylic acids is 1. The molecule has 2 aromatic rings. The van der Waals surface area contributed by atoms with E-state index in [1.54, 1.807) is 6.20 Å². The molecule has 16 heteroatoms. The fraction of sp³-hybridized carbons (Fsp3) is 0.500. The van der Waals surface area contributed by atoms with Gasteiger partial charge in [0.1, 0.15) is 18.1 Å². The largest absolute Gasteiger partial charge is 0.480 e. The van der Waals surface area contributed by atoms with Crippen LogP contribution < -0.4 is 39.3 Å². The average molecular weight is 614 g/mol. The van der Waals surface area contributed by atoms with Gasteiger partial charge in [-0.2, -0.15) is 0 Å². The SMILES string of the molecule is NC(N)=NCCCC(NC(=O)C1CCCN1C(=O)C(CCCN=C(N)N)NC(=O)C(N)Cc1c[nH]c2ccccc12)C(=O)O. The maximum absolute atomic E-state index is 13.8. The molecule has 3 amide bonds. The number of hydrogen-bond donors (Lipinski definition) is 9. The molecule has 1 aliphatic heterocycles. The first-order valence-corrected chi connectivity index (χ1v) is 14.5. The molecule has 44 heavy (non-hydrogen) atoms. The van der Waals surface area contributed by atoms with Gasteiger partial charge < -0.3 is 54.3 Å². The van der Waals surface area contributed by atoms with Gasteiger partial charge in [-0.25, -0.2) is 4.79 Å². The van der Waals surface area contributed by atoms with Crippen LogP contribution in [-0.4, -0.2) is 94.4 Å². The van der Waals surface area contributed by atoms with Crippen molar-refractivity contribution in [2.24, 2.45) is 38.7 Å². The highest BCUT2D eigenvalue weighted by atomic mass is 16.4. The minimum atomic E-state index is -1.21. The molecule has 0 bridgehead atoms. The summed E-state index contributed by atoms with van der Waals surface area (Å²) in [5.74, 6) is -3.01. The number of nitrogens with zero attached hydrogens (tertiary/aromatic N) is 3. The van der Waals surface area contributed by atoms with E-state index >= 15 is 0 Å². The number of nitrogens with two attached hydrogens (primary N) is 5. The molecule has 0 spiro atoms. The number of aromatic nitrogens is 1. The lowest BCUT2D eigenvalue weighted by molar-refractivity contribution is -0.145. The summed E-state index contributed by atoms with van der Waals surface area (Å²) in [6.07, 6.45) is 3.88. The number of carbonyl (C=O) groups is 4. The lowest BCUT2D eigenvalue weighted by atomic mass is 10.0. The number of likely N-dealkylation sites (tertiary alicyclic amines) is 1. The molecule has 1 fully saturated rings. The van der Waals surface area contributed by atoms with Gasteiger partial charge in [0.2, 0.25) is 17.7 Å². The maximum atomic E-state index is 13.8. The van der Waals surface area contributed by atoms with Crippen molar-refractivity contribution in [1.29, 1.82) is 0 Å². The van der Waals surface area contributed by atoms with Gasteiger partial charge in [0, 0.05) is 36.7 Å². The maximum Gasteiger partial charge on any atom is 0.326 e. The van der Waals surface area contributed by atoms with Gasteiger partial charge in [-0.15, -0.1) is 0 Å². The molecule has 1 aliphatic rings. The molecule has 240 valence electrons. The molecule has 3 rings (SSSR count). The molecular formula is C28H43N11O5. The van der Waals surface area contributed by atoms with Crippen LogP contribution in [0.2, 0.25) is 0 Å². The minimum Gasteiger partial charge on any atom is -0.480 e. The zero-order valence-electron chi connectivity index (χ0n) is 24.6. The number of rotatable bonds is 16.